The van der Waals surface area contributed by atoms with Crippen molar-refractivity contribution in [2.24, 2.45) is 0 Å². The SMILES string of the molecule is O=Cc1ccc(-c2c3ccccc3cc3c2ccc2c(-c4ccccc4)cccc23)cc1. The van der Waals surface area contributed by atoms with Gasteiger partial charge in [0.05, 0.1) is 0 Å². The molecule has 6 aromatic carbocycles. The first-order chi connectivity index (χ1) is 15.8. The van der Waals surface area contributed by atoms with E-state index < -0.39 is 0 Å². The Morgan fingerprint density at radius 1 is 0.469 bits per heavy atom. The highest BCUT2D eigenvalue weighted by Crippen LogP contribution is 2.41. The van der Waals surface area contributed by atoms with Crippen molar-refractivity contribution in [1.82, 2.24) is 0 Å². The molecule has 0 aliphatic rings. The van der Waals surface area contributed by atoms with Gasteiger partial charge in [-0.2, -0.15) is 0 Å². The minimum absolute atomic E-state index is 0.691. The van der Waals surface area contributed by atoms with Gasteiger partial charge >= 0.3 is 0 Å². The van der Waals surface area contributed by atoms with E-state index in [0.29, 0.717) is 5.56 Å². The summed E-state index contributed by atoms with van der Waals surface area (Å²) < 4.78 is 0. The summed E-state index contributed by atoms with van der Waals surface area (Å²) in [4.78, 5) is 11.2. The van der Waals surface area contributed by atoms with Crippen LogP contribution in [-0.2, 0) is 0 Å². The number of rotatable bonds is 3. The third kappa shape index (κ3) is 2.91. The Bertz CT molecular complexity index is 1610. The number of carbonyl (C=O) groups excluding carboxylic acids is 1. The minimum Gasteiger partial charge on any atom is -0.298 e. The Labute approximate surface area is 186 Å². The van der Waals surface area contributed by atoms with Gasteiger partial charge < -0.3 is 0 Å². The fourth-order valence-corrected chi connectivity index (χ4v) is 4.81. The molecule has 0 unspecified atom stereocenters. The van der Waals surface area contributed by atoms with Gasteiger partial charge in [0.1, 0.15) is 6.29 Å². The third-order valence-corrected chi connectivity index (χ3v) is 6.32. The quantitative estimate of drug-likeness (QED) is 0.163. The van der Waals surface area contributed by atoms with E-state index in [1.54, 1.807) is 0 Å². The van der Waals surface area contributed by atoms with Crippen molar-refractivity contribution in [3.05, 3.63) is 121 Å². The van der Waals surface area contributed by atoms with E-state index >= 15 is 0 Å². The van der Waals surface area contributed by atoms with Gasteiger partial charge in [-0.1, -0.05) is 109 Å². The molecule has 32 heavy (non-hydrogen) atoms. The minimum atomic E-state index is 0.691. The van der Waals surface area contributed by atoms with Crippen molar-refractivity contribution in [2.75, 3.05) is 0 Å². The van der Waals surface area contributed by atoms with E-state index in [9.17, 15) is 4.79 Å². The second kappa shape index (κ2) is 7.47. The molecule has 1 heteroatoms. The van der Waals surface area contributed by atoms with Crippen molar-refractivity contribution >= 4 is 38.6 Å². The van der Waals surface area contributed by atoms with E-state index in [-0.39, 0.29) is 0 Å². The summed E-state index contributed by atoms with van der Waals surface area (Å²) in [6, 6.07) is 40.4. The summed E-state index contributed by atoms with van der Waals surface area (Å²) >= 11 is 0. The van der Waals surface area contributed by atoms with E-state index in [1.807, 2.05) is 12.1 Å². The van der Waals surface area contributed by atoms with Crippen LogP contribution in [0.3, 0.4) is 0 Å². The Morgan fingerprint density at radius 2 is 1.19 bits per heavy atom. The molecule has 6 aromatic rings. The van der Waals surface area contributed by atoms with Crippen molar-refractivity contribution in [1.29, 1.82) is 0 Å². The highest BCUT2D eigenvalue weighted by molar-refractivity contribution is 6.21. The first-order valence-corrected chi connectivity index (χ1v) is 10.8. The Kier molecular flexibility index (Phi) is 4.33. The van der Waals surface area contributed by atoms with Gasteiger partial charge in [0.25, 0.3) is 0 Å². The fourth-order valence-electron chi connectivity index (χ4n) is 4.81. The number of hydrogen-bond donors (Lipinski definition) is 0. The maximum atomic E-state index is 11.2. The van der Waals surface area contributed by atoms with E-state index in [1.165, 1.54) is 49.0 Å². The summed E-state index contributed by atoms with van der Waals surface area (Å²) in [5, 5.41) is 7.40. The molecule has 0 aromatic heterocycles. The molecule has 0 amide bonds. The fraction of sp³-hybridized carbons (Fsp3) is 0. The molecule has 0 atom stereocenters. The zero-order chi connectivity index (χ0) is 21.5. The van der Waals surface area contributed by atoms with Crippen LogP contribution in [0, 0.1) is 0 Å². The van der Waals surface area contributed by atoms with Gasteiger partial charge in [-0.3, -0.25) is 4.79 Å². The average Bonchev–Trinajstić information content (AvgIpc) is 2.87. The first kappa shape index (κ1) is 18.5. The number of benzene rings is 6. The maximum absolute atomic E-state index is 11.2. The molecule has 0 saturated carbocycles. The molecule has 0 N–H and O–H groups in total. The molecular weight excluding hydrogens is 388 g/mol. The van der Waals surface area contributed by atoms with E-state index in [4.69, 9.17) is 0 Å². The van der Waals surface area contributed by atoms with Crippen LogP contribution < -0.4 is 0 Å². The van der Waals surface area contributed by atoms with Gasteiger partial charge in [-0.05, 0) is 60.6 Å². The van der Waals surface area contributed by atoms with Crippen LogP contribution in [-0.4, -0.2) is 6.29 Å². The molecule has 6 rings (SSSR count). The first-order valence-electron chi connectivity index (χ1n) is 10.8. The van der Waals surface area contributed by atoms with Crippen molar-refractivity contribution in [3.8, 4) is 22.3 Å². The summed E-state index contributed by atoms with van der Waals surface area (Å²) in [6.45, 7) is 0. The van der Waals surface area contributed by atoms with Gasteiger partial charge in [0.2, 0.25) is 0 Å². The lowest BCUT2D eigenvalue weighted by Gasteiger charge is -2.15. The normalized spacial score (nSPS) is 11.2. The zero-order valence-electron chi connectivity index (χ0n) is 17.5. The van der Waals surface area contributed by atoms with Crippen LogP contribution in [0.2, 0.25) is 0 Å². The smallest absolute Gasteiger partial charge is 0.150 e. The van der Waals surface area contributed by atoms with E-state index in [2.05, 4.69) is 103 Å². The predicted molar refractivity (Wildman–Crippen MR) is 135 cm³/mol. The number of fused-ring (bicyclic) bond motifs is 4. The van der Waals surface area contributed by atoms with Gasteiger partial charge in [0.15, 0.2) is 0 Å². The van der Waals surface area contributed by atoms with Gasteiger partial charge in [-0.15, -0.1) is 0 Å². The van der Waals surface area contributed by atoms with Crippen LogP contribution in [0.25, 0.3) is 54.6 Å². The third-order valence-electron chi connectivity index (χ3n) is 6.32. The highest BCUT2D eigenvalue weighted by atomic mass is 16.1. The Morgan fingerprint density at radius 3 is 2.00 bits per heavy atom. The number of carbonyl (C=O) groups is 1. The second-order valence-electron chi connectivity index (χ2n) is 8.14. The van der Waals surface area contributed by atoms with Gasteiger partial charge in [-0.25, -0.2) is 0 Å². The molecule has 1 nitrogen and oxygen atoms in total. The van der Waals surface area contributed by atoms with Crippen molar-refractivity contribution < 1.29 is 4.79 Å². The molecule has 0 spiro atoms. The lowest BCUT2D eigenvalue weighted by Crippen LogP contribution is -1.89. The van der Waals surface area contributed by atoms with Crippen LogP contribution in [0.15, 0.2) is 115 Å². The molecule has 150 valence electrons. The highest BCUT2D eigenvalue weighted by Gasteiger charge is 2.13. The van der Waals surface area contributed by atoms with Gasteiger partial charge in [0, 0.05) is 5.56 Å². The molecule has 0 radical (unpaired) electrons. The second-order valence-corrected chi connectivity index (χ2v) is 8.14. The van der Waals surface area contributed by atoms with Crippen LogP contribution in [0.1, 0.15) is 10.4 Å². The van der Waals surface area contributed by atoms with Crippen LogP contribution in [0.4, 0.5) is 0 Å². The largest absolute Gasteiger partial charge is 0.298 e. The monoisotopic (exact) mass is 408 g/mol. The number of hydrogen-bond acceptors (Lipinski definition) is 1. The molecule has 0 heterocycles. The molecule has 0 aliphatic heterocycles. The summed E-state index contributed by atoms with van der Waals surface area (Å²) in [6.07, 6.45) is 0.892. The lowest BCUT2D eigenvalue weighted by molar-refractivity contribution is 0.112. The Balaban J connectivity index is 1.73. The zero-order valence-corrected chi connectivity index (χ0v) is 17.5. The summed E-state index contributed by atoms with van der Waals surface area (Å²) in [5.74, 6) is 0. The summed E-state index contributed by atoms with van der Waals surface area (Å²) in [5.41, 5.74) is 5.49. The Hall–Kier alpha value is -4.23. The lowest BCUT2D eigenvalue weighted by atomic mass is 9.88. The maximum Gasteiger partial charge on any atom is 0.150 e. The topological polar surface area (TPSA) is 17.1 Å². The van der Waals surface area contributed by atoms with Crippen molar-refractivity contribution in [2.45, 2.75) is 0 Å². The standard InChI is InChI=1S/C31H20O/c32-20-21-13-15-23(16-14-21)31-26-10-5-4-9-24(26)19-30-27-12-6-11-25(22-7-2-1-3-8-22)28(27)17-18-29(30)31/h1-20H. The number of aldehydes is 1. The van der Waals surface area contributed by atoms with Crippen LogP contribution >= 0.6 is 0 Å². The molecular formula is C31H20O. The van der Waals surface area contributed by atoms with Crippen molar-refractivity contribution in [3.63, 3.8) is 0 Å². The molecule has 0 saturated heterocycles. The average molecular weight is 409 g/mol. The molecule has 0 fully saturated rings. The summed E-state index contributed by atoms with van der Waals surface area (Å²) in [7, 11) is 0. The molecule has 0 aliphatic carbocycles. The molecule has 0 bridgehead atoms. The van der Waals surface area contributed by atoms with E-state index in [0.717, 1.165) is 11.8 Å². The van der Waals surface area contributed by atoms with Crippen LogP contribution in [0.5, 0.6) is 0 Å². The predicted octanol–water partition coefficient (Wildman–Crippen LogP) is 8.29.